The Morgan fingerprint density at radius 2 is 1.76 bits per heavy atom. The quantitative estimate of drug-likeness (QED) is 0.171. The molecule has 2 aromatic carbocycles. The van der Waals surface area contributed by atoms with Crippen molar-refractivity contribution in [3.8, 4) is 0 Å². The molecule has 1 aliphatic rings. The summed E-state index contributed by atoms with van der Waals surface area (Å²) in [6, 6.07) is 21.1. The van der Waals surface area contributed by atoms with Gasteiger partial charge in [-0.3, -0.25) is 19.0 Å². The van der Waals surface area contributed by atoms with Gasteiger partial charge in [-0.15, -0.1) is 0 Å². The first-order valence-corrected chi connectivity index (χ1v) is 15.7. The van der Waals surface area contributed by atoms with Crippen molar-refractivity contribution in [3.63, 3.8) is 0 Å². The highest BCUT2D eigenvalue weighted by molar-refractivity contribution is 8.00. The van der Waals surface area contributed by atoms with E-state index < -0.39 is 5.25 Å². The molecule has 5 rings (SSSR count). The van der Waals surface area contributed by atoms with Crippen molar-refractivity contribution in [1.29, 1.82) is 0 Å². The topological polar surface area (TPSA) is 106 Å². The summed E-state index contributed by atoms with van der Waals surface area (Å²) in [5.41, 5.74) is 1.75. The lowest BCUT2D eigenvalue weighted by molar-refractivity contribution is -0.126. The van der Waals surface area contributed by atoms with Gasteiger partial charge >= 0.3 is 0 Å². The number of furan rings is 1. The molecule has 8 nitrogen and oxygen atoms in total. The van der Waals surface area contributed by atoms with E-state index in [-0.39, 0.29) is 29.2 Å². The highest BCUT2D eigenvalue weighted by Crippen LogP contribution is 2.32. The van der Waals surface area contributed by atoms with Crippen LogP contribution >= 0.6 is 11.8 Å². The lowest BCUT2D eigenvalue weighted by atomic mass is 9.81. The molecular formula is C33H38N4O4S. The van der Waals surface area contributed by atoms with Gasteiger partial charge in [0, 0.05) is 19.0 Å². The Labute approximate surface area is 250 Å². The number of fused-ring (bicyclic) bond motifs is 1. The second kappa shape index (κ2) is 14.4. The summed E-state index contributed by atoms with van der Waals surface area (Å²) in [4.78, 5) is 44.4. The van der Waals surface area contributed by atoms with Gasteiger partial charge in [0.05, 0.1) is 29.0 Å². The molecule has 1 saturated carbocycles. The van der Waals surface area contributed by atoms with Gasteiger partial charge in [-0.25, -0.2) is 4.98 Å². The fourth-order valence-electron chi connectivity index (χ4n) is 5.53. The fourth-order valence-corrected chi connectivity index (χ4v) is 6.58. The summed E-state index contributed by atoms with van der Waals surface area (Å²) >= 11 is 1.34. The van der Waals surface area contributed by atoms with Crippen molar-refractivity contribution in [3.05, 3.63) is 94.7 Å². The van der Waals surface area contributed by atoms with E-state index in [1.165, 1.54) is 17.3 Å². The summed E-state index contributed by atoms with van der Waals surface area (Å²) in [6.45, 7) is 3.42. The fraction of sp³-hybridized carbons (Fsp3) is 0.394. The predicted octanol–water partition coefficient (Wildman–Crippen LogP) is 5.34. The number of amides is 2. The number of thioether (sulfide) groups is 1. The minimum atomic E-state index is -0.408. The molecule has 1 fully saturated rings. The normalized spacial score (nSPS) is 17.5. The zero-order valence-electron chi connectivity index (χ0n) is 24.0. The number of hydrogen-bond donors (Lipinski definition) is 2. The molecule has 1 aliphatic carbocycles. The molecule has 2 N–H and O–H groups in total. The predicted molar refractivity (Wildman–Crippen MR) is 165 cm³/mol. The van der Waals surface area contributed by atoms with Crippen LogP contribution in [0.1, 0.15) is 50.4 Å². The average Bonchev–Trinajstić information content (AvgIpc) is 3.55. The molecule has 2 heterocycles. The van der Waals surface area contributed by atoms with Crippen molar-refractivity contribution >= 4 is 34.5 Å². The van der Waals surface area contributed by atoms with Crippen LogP contribution in [0.4, 0.5) is 0 Å². The molecule has 220 valence electrons. The monoisotopic (exact) mass is 586 g/mol. The molecular weight excluding hydrogens is 548 g/mol. The largest absolute Gasteiger partial charge is 0.467 e. The Kier molecular flexibility index (Phi) is 10.1. The van der Waals surface area contributed by atoms with Crippen LogP contribution in [-0.4, -0.2) is 33.2 Å². The van der Waals surface area contributed by atoms with Crippen LogP contribution in [0.15, 0.2) is 87.4 Å². The van der Waals surface area contributed by atoms with Gasteiger partial charge in [-0.2, -0.15) is 0 Å². The van der Waals surface area contributed by atoms with E-state index >= 15 is 0 Å². The summed E-state index contributed by atoms with van der Waals surface area (Å²) in [7, 11) is 0. The van der Waals surface area contributed by atoms with E-state index in [4.69, 9.17) is 9.40 Å². The maximum Gasteiger partial charge on any atom is 0.262 e. The van der Waals surface area contributed by atoms with Crippen LogP contribution in [0.2, 0.25) is 0 Å². The summed E-state index contributed by atoms with van der Waals surface area (Å²) in [6.07, 6.45) is 6.31. The second-order valence-electron chi connectivity index (χ2n) is 10.9. The number of benzene rings is 2. The smallest absolute Gasteiger partial charge is 0.262 e. The lowest BCUT2D eigenvalue weighted by Gasteiger charge is -2.29. The third kappa shape index (κ3) is 7.50. The zero-order chi connectivity index (χ0) is 29.3. The van der Waals surface area contributed by atoms with Gasteiger partial charge in [-0.1, -0.05) is 61.2 Å². The first-order valence-electron chi connectivity index (χ1n) is 14.8. The number of nitrogens with zero attached hydrogens (tertiary/aromatic N) is 2. The van der Waals surface area contributed by atoms with Gasteiger partial charge in [-0.05, 0) is 74.3 Å². The first-order chi connectivity index (χ1) is 20.5. The Morgan fingerprint density at radius 1 is 1.00 bits per heavy atom. The summed E-state index contributed by atoms with van der Waals surface area (Å²) in [5, 5.41) is 6.77. The highest BCUT2D eigenvalue weighted by atomic mass is 32.2. The lowest BCUT2D eigenvalue weighted by Crippen LogP contribution is -2.36. The van der Waals surface area contributed by atoms with Crippen LogP contribution in [0, 0.1) is 11.8 Å². The third-order valence-corrected chi connectivity index (χ3v) is 9.32. The van der Waals surface area contributed by atoms with Crippen molar-refractivity contribution in [2.45, 2.75) is 68.9 Å². The molecule has 2 aromatic heterocycles. The van der Waals surface area contributed by atoms with E-state index in [1.807, 2.05) is 49.4 Å². The van der Waals surface area contributed by atoms with Gasteiger partial charge in [0.15, 0.2) is 5.16 Å². The van der Waals surface area contributed by atoms with Gasteiger partial charge in [0.25, 0.3) is 5.56 Å². The highest BCUT2D eigenvalue weighted by Gasteiger charge is 2.28. The standard InChI is InChI=1S/C33H38N4O4S/c1-2-29(31(39)35-21-26-11-8-20-41-26)42-33-36-28-13-7-6-12-27(28)32(40)37(33)22-24-14-16-25(17-15-24)30(38)34-19-18-23-9-4-3-5-10-23/h3-13,20,24-25,29H,2,14-19,21-22H2,1H3,(H,34,38)(H,35,39)/t24?,25?,29-/m1/s1. The van der Waals surface area contributed by atoms with Crippen LogP contribution in [0.5, 0.6) is 0 Å². The molecule has 0 aliphatic heterocycles. The van der Waals surface area contributed by atoms with E-state index in [2.05, 4.69) is 22.8 Å². The molecule has 0 spiro atoms. The van der Waals surface area contributed by atoms with Crippen LogP contribution in [0.3, 0.4) is 0 Å². The average molecular weight is 587 g/mol. The minimum Gasteiger partial charge on any atom is -0.467 e. The summed E-state index contributed by atoms with van der Waals surface area (Å²) < 4.78 is 7.09. The second-order valence-corrected chi connectivity index (χ2v) is 12.1. The number of hydrogen-bond acceptors (Lipinski definition) is 6. The molecule has 4 aromatic rings. The molecule has 0 unspecified atom stereocenters. The number of rotatable bonds is 12. The van der Waals surface area contributed by atoms with E-state index in [1.54, 1.807) is 23.0 Å². The zero-order valence-corrected chi connectivity index (χ0v) is 24.8. The molecule has 0 radical (unpaired) electrons. The number of nitrogens with one attached hydrogen (secondary N) is 2. The third-order valence-electron chi connectivity index (χ3n) is 7.97. The molecule has 42 heavy (non-hydrogen) atoms. The SMILES string of the molecule is CC[C@@H](Sc1nc2ccccc2c(=O)n1CC1CCC(C(=O)NCCc2ccccc2)CC1)C(=O)NCc1ccco1. The maximum atomic E-state index is 13.7. The van der Waals surface area contributed by atoms with Gasteiger partial charge < -0.3 is 15.1 Å². The first kappa shape index (κ1) is 29.6. The van der Waals surface area contributed by atoms with Crippen LogP contribution in [-0.2, 0) is 29.1 Å². The van der Waals surface area contributed by atoms with E-state index in [0.29, 0.717) is 47.9 Å². The Bertz CT molecular complexity index is 1530. The minimum absolute atomic E-state index is 0.000325. The molecule has 0 bridgehead atoms. The van der Waals surface area contributed by atoms with Crippen LogP contribution in [0.25, 0.3) is 10.9 Å². The Balaban J connectivity index is 1.23. The molecule has 0 saturated heterocycles. The number of carbonyl (C=O) groups excluding carboxylic acids is 2. The Hall–Kier alpha value is -3.85. The van der Waals surface area contributed by atoms with Crippen molar-refractivity contribution in [1.82, 2.24) is 20.2 Å². The molecule has 9 heteroatoms. The Morgan fingerprint density at radius 3 is 2.50 bits per heavy atom. The van der Waals surface area contributed by atoms with Crippen molar-refractivity contribution in [2.24, 2.45) is 11.8 Å². The maximum absolute atomic E-state index is 13.7. The van der Waals surface area contributed by atoms with E-state index in [0.717, 1.165) is 32.1 Å². The van der Waals surface area contributed by atoms with Crippen LogP contribution < -0.4 is 16.2 Å². The van der Waals surface area contributed by atoms with Gasteiger partial charge in [0.1, 0.15) is 5.76 Å². The van der Waals surface area contributed by atoms with Crippen molar-refractivity contribution in [2.75, 3.05) is 6.54 Å². The number of aromatic nitrogens is 2. The molecule has 2 amide bonds. The number of carbonyl (C=O) groups is 2. The van der Waals surface area contributed by atoms with Gasteiger partial charge in [0.2, 0.25) is 11.8 Å². The molecule has 1 atom stereocenters. The van der Waals surface area contributed by atoms with E-state index in [9.17, 15) is 14.4 Å². The van der Waals surface area contributed by atoms with Crippen molar-refractivity contribution < 1.29 is 14.0 Å². The number of para-hydroxylation sites is 1. The summed E-state index contributed by atoms with van der Waals surface area (Å²) in [5.74, 6) is 0.943.